The van der Waals surface area contributed by atoms with E-state index in [1.807, 2.05) is 7.05 Å². The molecule has 2 N–H and O–H groups in total. The summed E-state index contributed by atoms with van der Waals surface area (Å²) in [6.07, 6.45) is 0. The first-order valence-corrected chi connectivity index (χ1v) is 8.06. The van der Waals surface area contributed by atoms with E-state index in [1.54, 1.807) is 11.8 Å². The lowest BCUT2D eigenvalue weighted by Crippen LogP contribution is -2.05. The number of hydrogen-bond donors (Lipinski definition) is 2. The van der Waals surface area contributed by atoms with Crippen molar-refractivity contribution in [2.24, 2.45) is 0 Å². The molecule has 20 heavy (non-hydrogen) atoms. The topological polar surface area (TPSA) is 27.8 Å². The normalized spacial score (nSPS) is 11.1. The molecule has 0 saturated carbocycles. The van der Waals surface area contributed by atoms with E-state index >= 15 is 0 Å². The van der Waals surface area contributed by atoms with Crippen LogP contribution in [-0.4, -0.2) is 12.0 Å². The highest BCUT2D eigenvalue weighted by Crippen LogP contribution is 2.33. The summed E-state index contributed by atoms with van der Waals surface area (Å²) in [4.78, 5) is 4.72. The predicted octanol–water partition coefficient (Wildman–Crippen LogP) is 4.80. The minimum atomic E-state index is 0.871. The van der Waals surface area contributed by atoms with Crippen LogP contribution in [0.4, 0.5) is 0 Å². The number of hydrogen-bond acceptors (Lipinski definition) is 2. The second-order valence-electron chi connectivity index (χ2n) is 4.61. The van der Waals surface area contributed by atoms with Gasteiger partial charge in [-0.2, -0.15) is 0 Å². The fourth-order valence-electron chi connectivity index (χ4n) is 2.18. The van der Waals surface area contributed by atoms with Crippen molar-refractivity contribution in [2.75, 3.05) is 7.05 Å². The molecule has 0 aliphatic carbocycles. The van der Waals surface area contributed by atoms with Crippen molar-refractivity contribution in [3.8, 4) is 0 Å². The van der Waals surface area contributed by atoms with Crippen LogP contribution in [0, 0.1) is 0 Å². The van der Waals surface area contributed by atoms with Gasteiger partial charge in [0.25, 0.3) is 0 Å². The summed E-state index contributed by atoms with van der Waals surface area (Å²) in [5, 5.41) is 5.64. The van der Waals surface area contributed by atoms with Gasteiger partial charge >= 0.3 is 0 Å². The Labute approximate surface area is 131 Å². The van der Waals surface area contributed by atoms with E-state index in [0.29, 0.717) is 0 Å². The van der Waals surface area contributed by atoms with Crippen LogP contribution in [0.15, 0.2) is 62.9 Å². The first kappa shape index (κ1) is 13.7. The largest absolute Gasteiger partial charge is 0.349 e. The van der Waals surface area contributed by atoms with Crippen LogP contribution in [0.5, 0.6) is 0 Å². The molecule has 0 aliphatic heterocycles. The third kappa shape index (κ3) is 2.92. The molecule has 3 rings (SSSR count). The Morgan fingerprint density at radius 2 is 2.00 bits per heavy atom. The fourth-order valence-corrected chi connectivity index (χ4v) is 3.73. The van der Waals surface area contributed by atoms with Gasteiger partial charge < -0.3 is 10.3 Å². The van der Waals surface area contributed by atoms with E-state index in [-0.39, 0.29) is 0 Å². The Bertz CT molecular complexity index is 703. The van der Waals surface area contributed by atoms with Crippen molar-refractivity contribution in [1.82, 2.24) is 10.3 Å². The standard InChI is InChI=1S/C16H15BrN2S/c1-18-10-12-6-7-13(17)9-15(12)20-16-8-11-4-2-3-5-14(11)19-16/h2-9,18-19H,10H2,1H3. The van der Waals surface area contributed by atoms with Gasteiger partial charge in [0, 0.05) is 26.8 Å². The average Bonchev–Trinajstić information content (AvgIpc) is 2.84. The maximum atomic E-state index is 3.55. The number of benzene rings is 2. The van der Waals surface area contributed by atoms with Crippen LogP contribution in [0.25, 0.3) is 10.9 Å². The lowest BCUT2D eigenvalue weighted by atomic mass is 10.2. The number of aromatic amines is 1. The van der Waals surface area contributed by atoms with Crippen molar-refractivity contribution >= 4 is 38.6 Å². The molecular formula is C16H15BrN2S. The van der Waals surface area contributed by atoms with Gasteiger partial charge in [0.05, 0.1) is 5.03 Å². The van der Waals surface area contributed by atoms with E-state index in [1.165, 1.54) is 26.4 Å². The molecule has 0 atom stereocenters. The Morgan fingerprint density at radius 3 is 2.80 bits per heavy atom. The molecule has 1 heterocycles. The molecule has 0 fully saturated rings. The van der Waals surface area contributed by atoms with Crippen LogP contribution >= 0.6 is 27.7 Å². The van der Waals surface area contributed by atoms with Crippen molar-refractivity contribution in [2.45, 2.75) is 16.5 Å². The van der Waals surface area contributed by atoms with E-state index in [9.17, 15) is 0 Å². The highest BCUT2D eigenvalue weighted by molar-refractivity contribution is 9.10. The third-order valence-electron chi connectivity index (χ3n) is 3.12. The van der Waals surface area contributed by atoms with Crippen LogP contribution in [-0.2, 0) is 6.54 Å². The Balaban J connectivity index is 1.95. The zero-order valence-electron chi connectivity index (χ0n) is 11.1. The molecule has 0 radical (unpaired) electrons. The number of aromatic nitrogens is 1. The third-order valence-corrected chi connectivity index (χ3v) is 4.65. The van der Waals surface area contributed by atoms with Gasteiger partial charge in [-0.15, -0.1) is 0 Å². The maximum Gasteiger partial charge on any atom is 0.0781 e. The molecule has 102 valence electrons. The molecule has 0 amide bonds. The Kier molecular flexibility index (Phi) is 4.15. The van der Waals surface area contributed by atoms with Crippen molar-refractivity contribution < 1.29 is 0 Å². The monoisotopic (exact) mass is 346 g/mol. The Hall–Kier alpha value is -1.23. The quantitative estimate of drug-likeness (QED) is 0.709. The summed E-state index contributed by atoms with van der Waals surface area (Å²) >= 11 is 5.32. The summed E-state index contributed by atoms with van der Waals surface area (Å²) < 4.78 is 1.11. The van der Waals surface area contributed by atoms with Gasteiger partial charge in [0.1, 0.15) is 0 Å². The summed E-state index contributed by atoms with van der Waals surface area (Å²) in [6, 6.07) is 17.0. The summed E-state index contributed by atoms with van der Waals surface area (Å²) in [5.41, 5.74) is 2.49. The number of halogens is 1. The number of nitrogens with one attached hydrogen (secondary N) is 2. The van der Waals surface area contributed by atoms with E-state index in [2.05, 4.69) is 74.8 Å². The van der Waals surface area contributed by atoms with Gasteiger partial charge in [0.2, 0.25) is 0 Å². The summed E-state index contributed by atoms with van der Waals surface area (Å²) in [7, 11) is 1.97. The van der Waals surface area contributed by atoms with Crippen LogP contribution in [0.2, 0.25) is 0 Å². The van der Waals surface area contributed by atoms with E-state index in [4.69, 9.17) is 0 Å². The van der Waals surface area contributed by atoms with Crippen LogP contribution in [0.3, 0.4) is 0 Å². The highest BCUT2D eigenvalue weighted by Gasteiger charge is 2.07. The molecular weight excluding hydrogens is 332 g/mol. The number of H-pyrrole nitrogens is 1. The molecule has 0 spiro atoms. The van der Waals surface area contributed by atoms with Gasteiger partial charge in [-0.25, -0.2) is 0 Å². The van der Waals surface area contributed by atoms with Crippen molar-refractivity contribution in [3.63, 3.8) is 0 Å². The first-order valence-electron chi connectivity index (χ1n) is 6.45. The highest BCUT2D eigenvalue weighted by atomic mass is 79.9. The van der Waals surface area contributed by atoms with E-state index in [0.717, 1.165) is 11.0 Å². The van der Waals surface area contributed by atoms with E-state index < -0.39 is 0 Å². The van der Waals surface area contributed by atoms with Gasteiger partial charge in [-0.1, -0.05) is 52.0 Å². The minimum Gasteiger partial charge on any atom is -0.349 e. The minimum absolute atomic E-state index is 0.871. The predicted molar refractivity (Wildman–Crippen MR) is 89.3 cm³/mol. The molecule has 3 aromatic rings. The smallest absolute Gasteiger partial charge is 0.0781 e. The SMILES string of the molecule is CNCc1ccc(Br)cc1Sc1cc2ccccc2[nH]1. The average molecular weight is 347 g/mol. The van der Waals surface area contributed by atoms with Crippen LogP contribution in [0.1, 0.15) is 5.56 Å². The second-order valence-corrected chi connectivity index (χ2v) is 6.60. The molecule has 2 aromatic carbocycles. The molecule has 0 saturated heterocycles. The maximum absolute atomic E-state index is 3.55. The van der Waals surface area contributed by atoms with Gasteiger partial charge in [0.15, 0.2) is 0 Å². The molecule has 4 heteroatoms. The molecule has 1 aromatic heterocycles. The van der Waals surface area contributed by atoms with Crippen molar-refractivity contribution in [1.29, 1.82) is 0 Å². The fraction of sp³-hybridized carbons (Fsp3) is 0.125. The zero-order valence-corrected chi connectivity index (χ0v) is 13.5. The molecule has 0 unspecified atom stereocenters. The molecule has 0 aliphatic rings. The lowest BCUT2D eigenvalue weighted by Gasteiger charge is -2.08. The van der Waals surface area contributed by atoms with Crippen LogP contribution < -0.4 is 5.32 Å². The summed E-state index contributed by atoms with van der Waals surface area (Å²) in [6.45, 7) is 0.871. The Morgan fingerprint density at radius 1 is 1.15 bits per heavy atom. The first-order chi connectivity index (χ1) is 9.76. The summed E-state index contributed by atoms with van der Waals surface area (Å²) in [5.74, 6) is 0. The lowest BCUT2D eigenvalue weighted by molar-refractivity contribution is 0.803. The second kappa shape index (κ2) is 6.04. The van der Waals surface area contributed by atoms with Crippen molar-refractivity contribution in [3.05, 3.63) is 58.6 Å². The number of fused-ring (bicyclic) bond motifs is 1. The molecule has 0 bridgehead atoms. The van der Waals surface area contributed by atoms with Gasteiger partial charge in [-0.3, -0.25) is 0 Å². The zero-order chi connectivity index (χ0) is 13.9. The number of para-hydroxylation sites is 1. The number of rotatable bonds is 4. The van der Waals surface area contributed by atoms with Gasteiger partial charge in [-0.05, 0) is 36.9 Å². The molecule has 2 nitrogen and oxygen atoms in total.